The molecule has 0 aliphatic rings. The van der Waals surface area contributed by atoms with Crippen LogP contribution in [0.15, 0.2) is 0 Å². The van der Waals surface area contributed by atoms with E-state index in [-0.39, 0.29) is 0 Å². The SMILES string of the molecule is CCCCCCCCCCCCCCCCOCCCCCCCCCCCCCCCC. The Morgan fingerprint density at radius 2 is 0.424 bits per heavy atom. The van der Waals surface area contributed by atoms with Crippen LogP contribution >= 0.6 is 0 Å². The molecule has 0 spiro atoms. The molecule has 0 amide bonds. The Morgan fingerprint density at radius 3 is 0.636 bits per heavy atom. The van der Waals surface area contributed by atoms with Crippen molar-refractivity contribution in [3.63, 3.8) is 0 Å². The Balaban J connectivity index is 2.99. The highest BCUT2D eigenvalue weighted by atomic mass is 16.5. The second-order valence-electron chi connectivity index (χ2n) is 10.8. The average Bonchev–Trinajstić information content (AvgIpc) is 2.83. The van der Waals surface area contributed by atoms with Crippen LogP contribution in [0.1, 0.15) is 194 Å². The molecule has 0 aliphatic heterocycles. The van der Waals surface area contributed by atoms with E-state index in [1.807, 2.05) is 0 Å². The number of unbranched alkanes of at least 4 members (excludes halogenated alkanes) is 26. The summed E-state index contributed by atoms with van der Waals surface area (Å²) >= 11 is 0. The lowest BCUT2D eigenvalue weighted by Gasteiger charge is -2.05. The van der Waals surface area contributed by atoms with Crippen molar-refractivity contribution < 1.29 is 4.74 Å². The summed E-state index contributed by atoms with van der Waals surface area (Å²) < 4.78 is 5.85. The van der Waals surface area contributed by atoms with Gasteiger partial charge in [-0.1, -0.05) is 181 Å². The van der Waals surface area contributed by atoms with Gasteiger partial charge in [-0.3, -0.25) is 0 Å². The monoisotopic (exact) mass is 467 g/mol. The Labute approximate surface area is 211 Å². The van der Waals surface area contributed by atoms with Gasteiger partial charge in [-0.2, -0.15) is 0 Å². The molecule has 200 valence electrons. The van der Waals surface area contributed by atoms with E-state index >= 15 is 0 Å². The standard InChI is InChI=1S/C32H66O/c1-3-5-7-9-11-13-15-17-19-21-23-25-27-29-31-33-32-30-28-26-24-22-20-18-16-14-12-10-8-6-4-2/h3-32H2,1-2H3. The van der Waals surface area contributed by atoms with Gasteiger partial charge in [0.15, 0.2) is 0 Å². The average molecular weight is 467 g/mol. The van der Waals surface area contributed by atoms with Crippen molar-refractivity contribution in [1.29, 1.82) is 0 Å². The molecular weight excluding hydrogens is 400 g/mol. The van der Waals surface area contributed by atoms with Crippen LogP contribution < -0.4 is 0 Å². The van der Waals surface area contributed by atoms with Gasteiger partial charge in [-0.05, 0) is 12.8 Å². The lowest BCUT2D eigenvalue weighted by atomic mass is 10.0. The zero-order valence-electron chi connectivity index (χ0n) is 23.6. The molecule has 33 heavy (non-hydrogen) atoms. The molecule has 0 aliphatic carbocycles. The molecule has 0 bridgehead atoms. The van der Waals surface area contributed by atoms with Gasteiger partial charge >= 0.3 is 0 Å². The van der Waals surface area contributed by atoms with Crippen molar-refractivity contribution in [2.24, 2.45) is 0 Å². The number of ether oxygens (including phenoxy) is 1. The first-order valence-corrected chi connectivity index (χ1v) is 16.0. The molecule has 0 heterocycles. The molecule has 0 unspecified atom stereocenters. The first kappa shape index (κ1) is 33.0. The number of rotatable bonds is 30. The van der Waals surface area contributed by atoms with Crippen LogP contribution in [-0.4, -0.2) is 13.2 Å². The Kier molecular flexibility index (Phi) is 31.9. The summed E-state index contributed by atoms with van der Waals surface area (Å²) in [5.74, 6) is 0. The minimum atomic E-state index is 0.997. The molecule has 0 saturated carbocycles. The van der Waals surface area contributed by atoms with Gasteiger partial charge in [-0.25, -0.2) is 0 Å². The van der Waals surface area contributed by atoms with E-state index in [1.165, 1.54) is 180 Å². The van der Waals surface area contributed by atoms with E-state index in [9.17, 15) is 0 Å². The van der Waals surface area contributed by atoms with Crippen molar-refractivity contribution in [1.82, 2.24) is 0 Å². The molecule has 0 aromatic carbocycles. The van der Waals surface area contributed by atoms with Crippen LogP contribution in [0.25, 0.3) is 0 Å². The molecule has 0 aromatic rings. The zero-order valence-corrected chi connectivity index (χ0v) is 23.6. The minimum absolute atomic E-state index is 0.997. The van der Waals surface area contributed by atoms with Crippen molar-refractivity contribution in [3.05, 3.63) is 0 Å². The maximum Gasteiger partial charge on any atom is 0.0466 e. The second kappa shape index (κ2) is 32.0. The minimum Gasteiger partial charge on any atom is -0.381 e. The van der Waals surface area contributed by atoms with Gasteiger partial charge in [0.2, 0.25) is 0 Å². The summed E-state index contributed by atoms with van der Waals surface area (Å²) in [6, 6.07) is 0. The van der Waals surface area contributed by atoms with E-state index < -0.39 is 0 Å². The van der Waals surface area contributed by atoms with Gasteiger partial charge in [0.25, 0.3) is 0 Å². The summed E-state index contributed by atoms with van der Waals surface area (Å²) in [4.78, 5) is 0. The molecule has 0 atom stereocenters. The lowest BCUT2D eigenvalue weighted by Crippen LogP contribution is -1.97. The second-order valence-corrected chi connectivity index (χ2v) is 10.8. The molecule has 0 saturated heterocycles. The summed E-state index contributed by atoms with van der Waals surface area (Å²) in [5.41, 5.74) is 0. The van der Waals surface area contributed by atoms with Crippen LogP contribution in [0, 0.1) is 0 Å². The summed E-state index contributed by atoms with van der Waals surface area (Å²) in [6.45, 7) is 6.59. The first-order chi connectivity index (χ1) is 16.4. The van der Waals surface area contributed by atoms with Crippen LogP contribution in [-0.2, 0) is 4.74 Å². The van der Waals surface area contributed by atoms with Gasteiger partial charge in [-0.15, -0.1) is 0 Å². The van der Waals surface area contributed by atoms with Crippen molar-refractivity contribution in [3.8, 4) is 0 Å². The van der Waals surface area contributed by atoms with Gasteiger partial charge < -0.3 is 4.74 Å². The van der Waals surface area contributed by atoms with Crippen molar-refractivity contribution in [2.45, 2.75) is 194 Å². The third-order valence-corrected chi connectivity index (χ3v) is 7.28. The largest absolute Gasteiger partial charge is 0.381 e. The summed E-state index contributed by atoms with van der Waals surface area (Å²) in [7, 11) is 0. The lowest BCUT2D eigenvalue weighted by molar-refractivity contribution is 0.125. The molecular formula is C32H66O. The normalized spacial score (nSPS) is 11.5. The highest BCUT2D eigenvalue weighted by Gasteiger charge is 1.96. The molecule has 0 aromatic heterocycles. The van der Waals surface area contributed by atoms with Gasteiger partial charge in [0, 0.05) is 13.2 Å². The molecule has 0 fully saturated rings. The zero-order chi connectivity index (χ0) is 23.9. The van der Waals surface area contributed by atoms with Gasteiger partial charge in [0.05, 0.1) is 0 Å². The highest BCUT2D eigenvalue weighted by Crippen LogP contribution is 2.14. The predicted molar refractivity (Wildman–Crippen MR) is 151 cm³/mol. The third kappa shape index (κ3) is 32.0. The quantitative estimate of drug-likeness (QED) is 0.0956. The molecule has 1 nitrogen and oxygen atoms in total. The van der Waals surface area contributed by atoms with E-state index in [0.717, 1.165) is 13.2 Å². The van der Waals surface area contributed by atoms with E-state index in [0.29, 0.717) is 0 Å². The molecule has 0 N–H and O–H groups in total. The van der Waals surface area contributed by atoms with Crippen molar-refractivity contribution >= 4 is 0 Å². The third-order valence-electron chi connectivity index (χ3n) is 7.28. The Bertz CT molecular complexity index is 284. The molecule has 0 rings (SSSR count). The fourth-order valence-electron chi connectivity index (χ4n) is 4.90. The number of hydrogen-bond acceptors (Lipinski definition) is 1. The van der Waals surface area contributed by atoms with Crippen LogP contribution in [0.2, 0.25) is 0 Å². The van der Waals surface area contributed by atoms with E-state index in [2.05, 4.69) is 13.8 Å². The molecule has 1 heteroatoms. The fourth-order valence-corrected chi connectivity index (χ4v) is 4.90. The highest BCUT2D eigenvalue weighted by molar-refractivity contribution is 4.51. The summed E-state index contributed by atoms with van der Waals surface area (Å²) in [5, 5.41) is 0. The first-order valence-electron chi connectivity index (χ1n) is 16.0. The molecule has 0 radical (unpaired) electrons. The fraction of sp³-hybridized carbons (Fsp3) is 1.00. The van der Waals surface area contributed by atoms with Crippen LogP contribution in [0.4, 0.5) is 0 Å². The summed E-state index contributed by atoms with van der Waals surface area (Å²) in [6.07, 6.45) is 40.1. The maximum atomic E-state index is 5.85. The van der Waals surface area contributed by atoms with Crippen molar-refractivity contribution in [2.75, 3.05) is 13.2 Å². The smallest absolute Gasteiger partial charge is 0.0466 e. The number of hydrogen-bond donors (Lipinski definition) is 0. The van der Waals surface area contributed by atoms with Crippen LogP contribution in [0.5, 0.6) is 0 Å². The Morgan fingerprint density at radius 1 is 0.242 bits per heavy atom. The van der Waals surface area contributed by atoms with E-state index in [4.69, 9.17) is 4.74 Å². The van der Waals surface area contributed by atoms with E-state index in [1.54, 1.807) is 0 Å². The predicted octanol–water partition coefficient (Wildman–Crippen LogP) is 12.0. The Hall–Kier alpha value is -0.0400. The topological polar surface area (TPSA) is 9.23 Å². The van der Waals surface area contributed by atoms with Crippen LogP contribution in [0.3, 0.4) is 0 Å². The maximum absolute atomic E-state index is 5.85. The van der Waals surface area contributed by atoms with Gasteiger partial charge in [0.1, 0.15) is 0 Å².